The summed E-state index contributed by atoms with van der Waals surface area (Å²) < 4.78 is 40.2. The van der Waals surface area contributed by atoms with Crippen LogP contribution in [0.25, 0.3) is 0 Å². The highest BCUT2D eigenvalue weighted by atomic mass is 32.2. The molecule has 2 aromatic rings. The number of benzene rings is 2. The van der Waals surface area contributed by atoms with Crippen molar-refractivity contribution in [1.29, 1.82) is 0 Å². The van der Waals surface area contributed by atoms with Crippen LogP contribution < -0.4 is 9.62 Å². The second kappa shape index (κ2) is 12.2. The summed E-state index contributed by atoms with van der Waals surface area (Å²) in [5.41, 5.74) is 0.782. The molecule has 9 heteroatoms. The van der Waals surface area contributed by atoms with E-state index >= 15 is 0 Å². The van der Waals surface area contributed by atoms with Gasteiger partial charge in [-0.3, -0.25) is 13.9 Å². The van der Waals surface area contributed by atoms with Crippen molar-refractivity contribution in [3.63, 3.8) is 0 Å². The number of nitrogens with one attached hydrogen (secondary N) is 1. The van der Waals surface area contributed by atoms with Crippen LogP contribution in [0.4, 0.5) is 10.1 Å². The number of hydrogen-bond donors (Lipinski definition) is 1. The van der Waals surface area contributed by atoms with Gasteiger partial charge in [0.05, 0.1) is 11.9 Å². The van der Waals surface area contributed by atoms with Gasteiger partial charge in [0, 0.05) is 12.6 Å². The van der Waals surface area contributed by atoms with Crippen LogP contribution in [0, 0.1) is 5.82 Å². The Kier molecular flexibility index (Phi) is 9.26. The minimum Gasteiger partial charge on any atom is -0.352 e. The summed E-state index contributed by atoms with van der Waals surface area (Å²) in [6, 6.07) is 14.2. The molecular formula is C26H34FN3O4S. The molecule has 0 bridgehead atoms. The highest BCUT2D eigenvalue weighted by Crippen LogP contribution is 2.22. The van der Waals surface area contributed by atoms with Crippen molar-refractivity contribution >= 4 is 27.5 Å². The summed E-state index contributed by atoms with van der Waals surface area (Å²) in [6.45, 7) is 1.27. The number of sulfonamides is 1. The predicted octanol–water partition coefficient (Wildman–Crippen LogP) is 3.50. The number of amides is 2. The third-order valence-electron chi connectivity index (χ3n) is 6.40. The fraction of sp³-hybridized carbons (Fsp3) is 0.462. The van der Waals surface area contributed by atoms with Crippen LogP contribution in [-0.4, -0.2) is 56.6 Å². The molecule has 190 valence electrons. The molecule has 0 aliphatic heterocycles. The molecule has 3 rings (SSSR count). The molecule has 1 fully saturated rings. The topological polar surface area (TPSA) is 86.8 Å². The van der Waals surface area contributed by atoms with E-state index in [9.17, 15) is 22.4 Å². The Hall–Kier alpha value is -2.94. The van der Waals surface area contributed by atoms with Crippen molar-refractivity contribution in [2.75, 3.05) is 23.7 Å². The molecule has 0 spiro atoms. The van der Waals surface area contributed by atoms with E-state index in [1.165, 1.54) is 23.1 Å². The van der Waals surface area contributed by atoms with E-state index in [0.717, 1.165) is 54.3 Å². The molecule has 0 aromatic heterocycles. The Morgan fingerprint density at radius 1 is 1.03 bits per heavy atom. The number of carbonyl (C=O) groups is 2. The fourth-order valence-corrected chi connectivity index (χ4v) is 5.24. The molecule has 0 heterocycles. The first-order valence-corrected chi connectivity index (χ1v) is 13.9. The van der Waals surface area contributed by atoms with E-state index in [2.05, 4.69) is 5.32 Å². The lowest BCUT2D eigenvalue weighted by atomic mass is 9.95. The van der Waals surface area contributed by atoms with Gasteiger partial charge in [-0.05, 0) is 43.9 Å². The number of para-hydroxylation sites is 1. The standard InChI is InChI=1S/C26H34FN3O4S/c1-20(26(32)28-22-13-7-4-8-14-22)29(18-17-21-11-5-3-6-12-21)25(31)19-30(35(2,33)34)24-16-10-9-15-23(24)27/h3,5-6,9-12,15-16,20,22H,4,7-8,13-14,17-19H2,1-2H3,(H,28,32)/t20-/m0/s1. The second-order valence-electron chi connectivity index (χ2n) is 9.06. The fourth-order valence-electron chi connectivity index (χ4n) is 4.39. The Labute approximate surface area is 207 Å². The van der Waals surface area contributed by atoms with E-state index < -0.39 is 34.3 Å². The van der Waals surface area contributed by atoms with E-state index in [1.807, 2.05) is 30.3 Å². The van der Waals surface area contributed by atoms with E-state index in [4.69, 9.17) is 0 Å². The lowest BCUT2D eigenvalue weighted by molar-refractivity contribution is -0.139. The molecule has 0 radical (unpaired) electrons. The van der Waals surface area contributed by atoms with Gasteiger partial charge < -0.3 is 10.2 Å². The summed E-state index contributed by atoms with van der Waals surface area (Å²) in [5, 5.41) is 3.05. The normalized spacial score (nSPS) is 15.3. The number of nitrogens with zero attached hydrogens (tertiary/aromatic N) is 2. The van der Waals surface area contributed by atoms with Gasteiger partial charge in [-0.15, -0.1) is 0 Å². The minimum atomic E-state index is -3.96. The Morgan fingerprint density at radius 3 is 2.29 bits per heavy atom. The van der Waals surface area contributed by atoms with Gasteiger partial charge in [0.1, 0.15) is 18.4 Å². The Balaban J connectivity index is 1.82. The number of halogens is 1. The van der Waals surface area contributed by atoms with Gasteiger partial charge in [0.2, 0.25) is 21.8 Å². The highest BCUT2D eigenvalue weighted by molar-refractivity contribution is 7.92. The third kappa shape index (κ3) is 7.52. The molecule has 2 amide bonds. The molecule has 1 aliphatic rings. The van der Waals surface area contributed by atoms with Gasteiger partial charge in [0.15, 0.2) is 0 Å². The first kappa shape index (κ1) is 26.7. The minimum absolute atomic E-state index is 0.0794. The van der Waals surface area contributed by atoms with Crippen LogP contribution in [-0.2, 0) is 26.0 Å². The quantitative estimate of drug-likeness (QED) is 0.538. The maximum atomic E-state index is 14.4. The van der Waals surface area contributed by atoms with E-state index in [1.54, 1.807) is 6.92 Å². The summed E-state index contributed by atoms with van der Waals surface area (Å²) >= 11 is 0. The molecule has 1 aliphatic carbocycles. The first-order valence-electron chi connectivity index (χ1n) is 12.0. The SMILES string of the molecule is C[C@@H](C(=O)NC1CCCCC1)N(CCc1ccccc1)C(=O)CN(c1ccccc1F)S(C)(=O)=O. The van der Waals surface area contributed by atoms with Gasteiger partial charge >= 0.3 is 0 Å². The van der Waals surface area contributed by atoms with Crippen molar-refractivity contribution in [1.82, 2.24) is 10.2 Å². The maximum absolute atomic E-state index is 14.4. The molecule has 35 heavy (non-hydrogen) atoms. The van der Waals surface area contributed by atoms with Gasteiger partial charge in [-0.25, -0.2) is 12.8 Å². The Bertz CT molecular complexity index is 1100. The maximum Gasteiger partial charge on any atom is 0.244 e. The van der Waals surface area contributed by atoms with Gasteiger partial charge in [-0.2, -0.15) is 0 Å². The molecule has 0 unspecified atom stereocenters. The molecular weight excluding hydrogens is 469 g/mol. The largest absolute Gasteiger partial charge is 0.352 e. The van der Waals surface area contributed by atoms with Crippen LogP contribution in [0.5, 0.6) is 0 Å². The van der Waals surface area contributed by atoms with Crippen molar-refractivity contribution in [3.05, 3.63) is 66.0 Å². The van der Waals surface area contributed by atoms with E-state index in [0.29, 0.717) is 6.42 Å². The predicted molar refractivity (Wildman–Crippen MR) is 135 cm³/mol. The highest BCUT2D eigenvalue weighted by Gasteiger charge is 2.31. The lowest BCUT2D eigenvalue weighted by Gasteiger charge is -2.33. The molecule has 1 N–H and O–H groups in total. The molecule has 2 aromatic carbocycles. The Morgan fingerprint density at radius 2 is 1.66 bits per heavy atom. The summed E-state index contributed by atoms with van der Waals surface area (Å²) in [6.07, 6.45) is 6.51. The zero-order chi connectivity index (χ0) is 25.4. The van der Waals surface area contributed by atoms with Crippen LogP contribution in [0.2, 0.25) is 0 Å². The zero-order valence-electron chi connectivity index (χ0n) is 20.3. The zero-order valence-corrected chi connectivity index (χ0v) is 21.1. The number of carbonyl (C=O) groups excluding carboxylic acids is 2. The van der Waals surface area contributed by atoms with Gasteiger partial charge in [-0.1, -0.05) is 61.7 Å². The summed E-state index contributed by atoms with van der Waals surface area (Å²) in [4.78, 5) is 27.9. The van der Waals surface area contributed by atoms with Crippen LogP contribution in [0.15, 0.2) is 54.6 Å². The average molecular weight is 504 g/mol. The van der Waals surface area contributed by atoms with Crippen LogP contribution in [0.1, 0.15) is 44.6 Å². The molecule has 1 atom stereocenters. The summed E-state index contributed by atoms with van der Waals surface area (Å²) in [7, 11) is -3.96. The lowest BCUT2D eigenvalue weighted by Crippen LogP contribution is -2.53. The summed E-state index contributed by atoms with van der Waals surface area (Å²) in [5.74, 6) is -1.58. The molecule has 7 nitrogen and oxygen atoms in total. The second-order valence-corrected chi connectivity index (χ2v) is 11.0. The smallest absolute Gasteiger partial charge is 0.244 e. The number of hydrogen-bond acceptors (Lipinski definition) is 4. The molecule has 1 saturated carbocycles. The monoisotopic (exact) mass is 503 g/mol. The van der Waals surface area contributed by atoms with Crippen LogP contribution >= 0.6 is 0 Å². The first-order chi connectivity index (χ1) is 16.7. The van der Waals surface area contributed by atoms with E-state index in [-0.39, 0.29) is 24.2 Å². The van der Waals surface area contributed by atoms with Crippen molar-refractivity contribution in [3.8, 4) is 0 Å². The molecule has 0 saturated heterocycles. The number of rotatable bonds is 10. The van der Waals surface area contributed by atoms with Crippen molar-refractivity contribution < 1.29 is 22.4 Å². The third-order valence-corrected chi connectivity index (χ3v) is 7.53. The van der Waals surface area contributed by atoms with Crippen molar-refractivity contribution in [2.45, 2.75) is 57.5 Å². The van der Waals surface area contributed by atoms with Gasteiger partial charge in [0.25, 0.3) is 0 Å². The van der Waals surface area contributed by atoms with Crippen LogP contribution in [0.3, 0.4) is 0 Å². The average Bonchev–Trinajstić information content (AvgIpc) is 2.83. The number of anilines is 1. The van der Waals surface area contributed by atoms with Crippen molar-refractivity contribution in [2.24, 2.45) is 0 Å².